The number of nitrogens with one attached hydrogen (secondary N) is 2. The number of ether oxygens (including phenoxy) is 3. The Morgan fingerprint density at radius 2 is 1.96 bits per heavy atom. The standard InChI is InChI=1S/C32H31ClFN3O7S/c1-42-32(41)27-17-43-8-3-2-7-29(38)37-15-24(35-30(39)19-5-4-6-22(33)9-19)14-25(37)16-44-26-11-20(10-23(34)13-26)21-12-28(45-18-21)31(40)36-27/h2-6,9-13,18,24-25,27H,7-8,14-17H2,1H3,(H,35,39)(H,36,40)/b3-2-/t24-,25-,27-/m0/s1. The van der Waals surface area contributed by atoms with Crippen LogP contribution in [0.1, 0.15) is 32.9 Å². The van der Waals surface area contributed by atoms with Crippen molar-refractivity contribution in [3.05, 3.63) is 87.3 Å². The summed E-state index contributed by atoms with van der Waals surface area (Å²) in [5.41, 5.74) is 1.47. The van der Waals surface area contributed by atoms with Gasteiger partial charge in [-0.1, -0.05) is 29.8 Å². The first kappa shape index (κ1) is 32.1. The summed E-state index contributed by atoms with van der Waals surface area (Å²) in [7, 11) is 1.21. The lowest BCUT2D eigenvalue weighted by atomic mass is 10.1. The monoisotopic (exact) mass is 655 g/mol. The van der Waals surface area contributed by atoms with Gasteiger partial charge in [0, 0.05) is 35.7 Å². The fourth-order valence-electron chi connectivity index (χ4n) is 5.16. The summed E-state index contributed by atoms with van der Waals surface area (Å²) in [5.74, 6) is -1.98. The SMILES string of the molecule is COC(=O)[C@@H]1COC/C=C\CC(=O)N2C[C@@H](NC(=O)c3cccc(Cl)c3)C[C@H]2COc2cc(F)cc(c2)-c2csc(c2)C(=O)N1. The van der Waals surface area contributed by atoms with Gasteiger partial charge in [0.2, 0.25) is 5.91 Å². The van der Waals surface area contributed by atoms with E-state index < -0.39 is 29.8 Å². The molecule has 1 fully saturated rings. The number of carbonyl (C=O) groups excluding carboxylic acids is 4. The Balaban J connectivity index is 1.38. The molecule has 1 aromatic heterocycles. The third-order valence-corrected chi connectivity index (χ3v) is 8.54. The smallest absolute Gasteiger partial charge is 0.330 e. The maximum atomic E-state index is 14.7. The van der Waals surface area contributed by atoms with Crippen molar-refractivity contribution in [3.8, 4) is 16.9 Å². The molecule has 236 valence electrons. The molecule has 0 saturated carbocycles. The van der Waals surface area contributed by atoms with Gasteiger partial charge in [0.25, 0.3) is 11.8 Å². The normalized spacial score (nSPS) is 21.6. The average molecular weight is 656 g/mol. The zero-order valence-corrected chi connectivity index (χ0v) is 25.9. The van der Waals surface area contributed by atoms with Crippen LogP contribution in [0, 0.1) is 5.82 Å². The van der Waals surface area contributed by atoms with Crippen LogP contribution in [0.4, 0.5) is 4.39 Å². The number of carbonyl (C=O) groups is 4. The van der Waals surface area contributed by atoms with Crippen LogP contribution in [-0.2, 0) is 19.1 Å². The summed E-state index contributed by atoms with van der Waals surface area (Å²) in [5, 5.41) is 7.74. The quantitative estimate of drug-likeness (QED) is 0.320. The van der Waals surface area contributed by atoms with E-state index in [4.69, 9.17) is 25.8 Å². The Labute approximate surface area is 268 Å². The first-order chi connectivity index (χ1) is 21.7. The van der Waals surface area contributed by atoms with Crippen molar-refractivity contribution >= 4 is 46.6 Å². The molecule has 3 atom stereocenters. The van der Waals surface area contributed by atoms with Crippen molar-refractivity contribution in [1.29, 1.82) is 0 Å². The molecule has 0 aliphatic carbocycles. The highest BCUT2D eigenvalue weighted by atomic mass is 35.5. The van der Waals surface area contributed by atoms with E-state index in [1.54, 1.807) is 58.8 Å². The van der Waals surface area contributed by atoms with Crippen LogP contribution in [0.3, 0.4) is 0 Å². The third-order valence-electron chi connectivity index (χ3n) is 7.38. The minimum atomic E-state index is -1.06. The molecule has 1 saturated heterocycles. The van der Waals surface area contributed by atoms with Crippen molar-refractivity contribution in [3.63, 3.8) is 0 Å². The number of amides is 3. The molecule has 2 N–H and O–H groups in total. The van der Waals surface area contributed by atoms with Crippen LogP contribution in [0.15, 0.2) is 66.1 Å². The van der Waals surface area contributed by atoms with Crippen LogP contribution in [0.25, 0.3) is 11.1 Å². The second-order valence-corrected chi connectivity index (χ2v) is 11.9. The van der Waals surface area contributed by atoms with E-state index in [-0.39, 0.29) is 56.4 Å². The van der Waals surface area contributed by atoms with Gasteiger partial charge in [0.15, 0.2) is 6.04 Å². The van der Waals surface area contributed by atoms with Crippen molar-refractivity contribution in [2.75, 3.05) is 33.5 Å². The predicted octanol–water partition coefficient (Wildman–Crippen LogP) is 4.23. The number of halogens is 2. The molecule has 3 heterocycles. The summed E-state index contributed by atoms with van der Waals surface area (Å²) in [6.45, 7) is 0.264. The molecule has 2 aliphatic heterocycles. The highest BCUT2D eigenvalue weighted by Gasteiger charge is 2.36. The number of fused-ring (bicyclic) bond motifs is 6. The fraction of sp³-hybridized carbons (Fsp3) is 0.312. The number of methoxy groups -OCH3 is 1. The van der Waals surface area contributed by atoms with E-state index >= 15 is 0 Å². The highest BCUT2D eigenvalue weighted by molar-refractivity contribution is 7.12. The Hall–Kier alpha value is -4.26. The van der Waals surface area contributed by atoms with Gasteiger partial charge in [-0.3, -0.25) is 14.4 Å². The average Bonchev–Trinajstić information content (AvgIpc) is 3.68. The van der Waals surface area contributed by atoms with Crippen LogP contribution in [-0.4, -0.2) is 80.2 Å². The first-order valence-electron chi connectivity index (χ1n) is 14.2. The molecule has 0 unspecified atom stereocenters. The molecule has 2 aromatic carbocycles. The molecule has 5 rings (SSSR count). The second kappa shape index (κ2) is 14.7. The lowest BCUT2D eigenvalue weighted by molar-refractivity contribution is -0.144. The van der Waals surface area contributed by atoms with Gasteiger partial charge in [-0.25, -0.2) is 9.18 Å². The molecule has 4 bridgehead atoms. The Morgan fingerprint density at radius 3 is 2.76 bits per heavy atom. The first-order valence-corrected chi connectivity index (χ1v) is 15.5. The van der Waals surface area contributed by atoms with E-state index in [0.717, 1.165) is 11.3 Å². The van der Waals surface area contributed by atoms with Crippen molar-refractivity contribution in [2.45, 2.75) is 31.0 Å². The van der Waals surface area contributed by atoms with Gasteiger partial charge in [-0.05, 0) is 59.3 Å². The minimum Gasteiger partial charge on any atom is -0.491 e. The van der Waals surface area contributed by atoms with Crippen molar-refractivity contribution in [1.82, 2.24) is 15.5 Å². The number of thiophene rings is 1. The van der Waals surface area contributed by atoms with E-state index in [9.17, 15) is 23.6 Å². The summed E-state index contributed by atoms with van der Waals surface area (Å²) in [6.07, 6.45) is 3.76. The number of benzene rings is 2. The molecule has 3 aromatic rings. The number of rotatable bonds is 3. The fourth-order valence-corrected chi connectivity index (χ4v) is 6.17. The molecule has 2 aliphatic rings. The van der Waals surface area contributed by atoms with Gasteiger partial charge in [-0.15, -0.1) is 11.3 Å². The lowest BCUT2D eigenvalue weighted by Crippen LogP contribution is -2.44. The van der Waals surface area contributed by atoms with E-state index in [0.29, 0.717) is 33.0 Å². The summed E-state index contributed by atoms with van der Waals surface area (Å²) in [4.78, 5) is 53.4. The molecule has 10 nitrogen and oxygen atoms in total. The molecule has 13 heteroatoms. The topological polar surface area (TPSA) is 123 Å². The Kier molecular flexibility index (Phi) is 10.5. The second-order valence-electron chi connectivity index (χ2n) is 10.6. The Bertz CT molecular complexity index is 1610. The minimum absolute atomic E-state index is 0.0512. The molecular weight excluding hydrogens is 625 g/mol. The van der Waals surface area contributed by atoms with Gasteiger partial charge in [0.05, 0.1) is 31.2 Å². The van der Waals surface area contributed by atoms with Gasteiger partial charge in [0.1, 0.15) is 18.2 Å². The van der Waals surface area contributed by atoms with Gasteiger partial charge >= 0.3 is 5.97 Å². The zero-order chi connectivity index (χ0) is 31.9. The largest absolute Gasteiger partial charge is 0.491 e. The van der Waals surface area contributed by atoms with Crippen LogP contribution >= 0.6 is 22.9 Å². The van der Waals surface area contributed by atoms with E-state index in [1.165, 1.54) is 19.2 Å². The van der Waals surface area contributed by atoms with Crippen LogP contribution < -0.4 is 15.4 Å². The number of esters is 1. The number of nitrogens with zero attached hydrogens (tertiary/aromatic N) is 1. The number of hydrogen-bond donors (Lipinski definition) is 2. The van der Waals surface area contributed by atoms with Crippen LogP contribution in [0.2, 0.25) is 5.02 Å². The Morgan fingerprint density at radius 1 is 1.11 bits per heavy atom. The molecule has 0 spiro atoms. The third kappa shape index (κ3) is 8.27. The number of hydrogen-bond acceptors (Lipinski definition) is 8. The zero-order valence-electron chi connectivity index (χ0n) is 24.3. The molecule has 3 amide bonds. The lowest BCUT2D eigenvalue weighted by Gasteiger charge is -2.24. The van der Waals surface area contributed by atoms with Gasteiger partial charge in [-0.2, -0.15) is 0 Å². The molecule has 0 radical (unpaired) electrons. The van der Waals surface area contributed by atoms with Crippen LogP contribution in [0.5, 0.6) is 5.75 Å². The van der Waals surface area contributed by atoms with E-state index in [2.05, 4.69) is 10.6 Å². The van der Waals surface area contributed by atoms with Gasteiger partial charge < -0.3 is 29.7 Å². The van der Waals surface area contributed by atoms with E-state index in [1.807, 2.05) is 0 Å². The van der Waals surface area contributed by atoms with Crippen molar-refractivity contribution < 1.29 is 37.8 Å². The predicted molar refractivity (Wildman–Crippen MR) is 166 cm³/mol. The highest BCUT2D eigenvalue weighted by Crippen LogP contribution is 2.30. The summed E-state index contributed by atoms with van der Waals surface area (Å²) >= 11 is 7.19. The maximum Gasteiger partial charge on any atom is 0.330 e. The molecule has 45 heavy (non-hydrogen) atoms. The van der Waals surface area contributed by atoms with Crippen molar-refractivity contribution in [2.24, 2.45) is 0 Å². The maximum absolute atomic E-state index is 14.7. The molecular formula is C32H31ClFN3O7S. The summed E-state index contributed by atoms with van der Waals surface area (Å²) in [6, 6.07) is 10.6. The summed E-state index contributed by atoms with van der Waals surface area (Å²) < 4.78 is 31.1.